The van der Waals surface area contributed by atoms with Crippen molar-refractivity contribution in [1.82, 2.24) is 0 Å². The fraction of sp³-hybridized carbons (Fsp3) is 0.125. The Kier molecular flexibility index (Phi) is 7.51. The molecule has 3 rings (SSSR count). The van der Waals surface area contributed by atoms with E-state index >= 15 is 0 Å². The Morgan fingerprint density at radius 1 is 1.00 bits per heavy atom. The highest BCUT2D eigenvalue weighted by Crippen LogP contribution is 2.38. The molecular formula is C24H19Br2NO2. The molecule has 0 aromatic heterocycles. The van der Waals surface area contributed by atoms with Crippen molar-refractivity contribution in [2.24, 2.45) is 0 Å². The molecule has 0 aliphatic heterocycles. The van der Waals surface area contributed by atoms with E-state index in [1.807, 2.05) is 79.7 Å². The predicted octanol–water partition coefficient (Wildman–Crippen LogP) is 7.25. The molecule has 0 unspecified atom stereocenters. The van der Waals surface area contributed by atoms with Crippen LogP contribution in [0.1, 0.15) is 23.6 Å². The molecular weight excluding hydrogens is 494 g/mol. The molecule has 0 fully saturated rings. The van der Waals surface area contributed by atoms with Crippen molar-refractivity contribution in [2.45, 2.75) is 13.5 Å². The molecule has 0 heterocycles. The molecule has 0 atom stereocenters. The first kappa shape index (κ1) is 21.2. The normalized spacial score (nSPS) is 11.0. The van der Waals surface area contributed by atoms with E-state index in [0.717, 1.165) is 25.6 Å². The van der Waals surface area contributed by atoms with Crippen LogP contribution in [0.4, 0.5) is 0 Å². The first-order valence-electron chi connectivity index (χ1n) is 9.11. The Balaban J connectivity index is 1.92. The number of benzene rings is 3. The average Bonchev–Trinajstić information content (AvgIpc) is 2.73. The van der Waals surface area contributed by atoms with E-state index in [4.69, 9.17) is 9.47 Å². The molecule has 0 bridgehead atoms. The smallest absolute Gasteiger partial charge is 0.175 e. The third-order valence-electron chi connectivity index (χ3n) is 4.14. The van der Waals surface area contributed by atoms with Crippen LogP contribution in [0.15, 0.2) is 75.7 Å². The molecule has 0 amide bonds. The van der Waals surface area contributed by atoms with Gasteiger partial charge < -0.3 is 9.47 Å². The maximum atomic E-state index is 9.62. The van der Waals surface area contributed by atoms with Crippen LogP contribution in [-0.4, -0.2) is 6.61 Å². The number of hydrogen-bond acceptors (Lipinski definition) is 3. The van der Waals surface area contributed by atoms with Crippen LogP contribution in [0.5, 0.6) is 11.5 Å². The summed E-state index contributed by atoms with van der Waals surface area (Å²) in [5.41, 5.74) is 3.36. The van der Waals surface area contributed by atoms with Gasteiger partial charge in [-0.3, -0.25) is 0 Å². The van der Waals surface area contributed by atoms with Crippen LogP contribution < -0.4 is 9.47 Å². The summed E-state index contributed by atoms with van der Waals surface area (Å²) in [6.07, 6.45) is 1.84. The minimum Gasteiger partial charge on any atom is -0.490 e. The first-order valence-corrected chi connectivity index (χ1v) is 10.7. The van der Waals surface area contributed by atoms with Gasteiger partial charge in [0.1, 0.15) is 6.61 Å². The fourth-order valence-corrected chi connectivity index (χ4v) is 3.62. The van der Waals surface area contributed by atoms with E-state index in [1.165, 1.54) is 0 Å². The molecule has 0 saturated heterocycles. The zero-order chi connectivity index (χ0) is 20.6. The van der Waals surface area contributed by atoms with Gasteiger partial charge in [-0.1, -0.05) is 58.4 Å². The van der Waals surface area contributed by atoms with E-state index in [1.54, 1.807) is 0 Å². The monoisotopic (exact) mass is 511 g/mol. The fourth-order valence-electron chi connectivity index (χ4n) is 2.78. The standard InChI is InChI=1S/C24H19Br2NO2/c1-2-28-23-14-18(12-20(15-27)19-8-10-21(25)11-9-19)13-22(26)24(23)29-16-17-6-4-3-5-7-17/h3-14H,2,16H2,1H3/b20-12-. The quantitative estimate of drug-likeness (QED) is 0.247. The van der Waals surface area contributed by atoms with E-state index in [-0.39, 0.29) is 0 Å². The lowest BCUT2D eigenvalue weighted by molar-refractivity contribution is 0.267. The van der Waals surface area contributed by atoms with Gasteiger partial charge in [0.2, 0.25) is 0 Å². The number of halogens is 2. The summed E-state index contributed by atoms with van der Waals surface area (Å²) in [5.74, 6) is 1.28. The largest absolute Gasteiger partial charge is 0.490 e. The molecule has 0 radical (unpaired) electrons. The first-order chi connectivity index (χ1) is 14.1. The average molecular weight is 513 g/mol. The molecule has 0 spiro atoms. The molecule has 3 nitrogen and oxygen atoms in total. The van der Waals surface area contributed by atoms with Gasteiger partial charge in [-0.15, -0.1) is 0 Å². The van der Waals surface area contributed by atoms with Crippen molar-refractivity contribution in [1.29, 1.82) is 5.26 Å². The summed E-state index contributed by atoms with van der Waals surface area (Å²) in [4.78, 5) is 0. The van der Waals surface area contributed by atoms with Gasteiger partial charge in [-0.2, -0.15) is 5.26 Å². The molecule has 0 N–H and O–H groups in total. The van der Waals surface area contributed by atoms with Crippen LogP contribution in [0.2, 0.25) is 0 Å². The van der Waals surface area contributed by atoms with E-state index in [9.17, 15) is 5.26 Å². The molecule has 0 aliphatic carbocycles. The Labute approximate surface area is 187 Å². The second-order valence-electron chi connectivity index (χ2n) is 6.21. The Morgan fingerprint density at radius 2 is 1.72 bits per heavy atom. The summed E-state index contributed by atoms with van der Waals surface area (Å²) in [7, 11) is 0. The van der Waals surface area contributed by atoms with Gasteiger partial charge >= 0.3 is 0 Å². The van der Waals surface area contributed by atoms with Gasteiger partial charge in [-0.05, 0) is 69.9 Å². The van der Waals surface area contributed by atoms with Gasteiger partial charge in [-0.25, -0.2) is 0 Å². The van der Waals surface area contributed by atoms with Gasteiger partial charge in [0.05, 0.1) is 22.7 Å². The van der Waals surface area contributed by atoms with Crippen molar-refractivity contribution in [3.8, 4) is 17.6 Å². The van der Waals surface area contributed by atoms with Crippen molar-refractivity contribution in [3.63, 3.8) is 0 Å². The predicted molar refractivity (Wildman–Crippen MR) is 124 cm³/mol. The SMILES string of the molecule is CCOc1cc(/C=C(/C#N)c2ccc(Br)cc2)cc(Br)c1OCc1ccccc1. The summed E-state index contributed by atoms with van der Waals surface area (Å²) in [5, 5.41) is 9.62. The van der Waals surface area contributed by atoms with Gasteiger partial charge in [0.15, 0.2) is 11.5 Å². The van der Waals surface area contributed by atoms with E-state index in [2.05, 4.69) is 37.9 Å². The van der Waals surface area contributed by atoms with Crippen molar-refractivity contribution >= 4 is 43.5 Å². The van der Waals surface area contributed by atoms with E-state index in [0.29, 0.717) is 30.3 Å². The van der Waals surface area contributed by atoms with Crippen LogP contribution in [0.25, 0.3) is 11.6 Å². The number of ether oxygens (including phenoxy) is 2. The molecule has 146 valence electrons. The van der Waals surface area contributed by atoms with Crippen LogP contribution >= 0.6 is 31.9 Å². The minimum atomic E-state index is 0.442. The second kappa shape index (κ2) is 10.3. The molecule has 3 aromatic carbocycles. The number of rotatable bonds is 7. The highest BCUT2D eigenvalue weighted by molar-refractivity contribution is 9.10. The van der Waals surface area contributed by atoms with Crippen LogP contribution in [0, 0.1) is 11.3 Å². The van der Waals surface area contributed by atoms with Crippen molar-refractivity contribution in [2.75, 3.05) is 6.61 Å². The third kappa shape index (κ3) is 5.72. The summed E-state index contributed by atoms with van der Waals surface area (Å²) in [6.45, 7) is 2.89. The van der Waals surface area contributed by atoms with Gasteiger partial charge in [0.25, 0.3) is 0 Å². The van der Waals surface area contributed by atoms with Crippen LogP contribution in [-0.2, 0) is 6.61 Å². The lowest BCUT2D eigenvalue weighted by Crippen LogP contribution is -2.01. The second-order valence-corrected chi connectivity index (χ2v) is 7.98. The third-order valence-corrected chi connectivity index (χ3v) is 5.26. The molecule has 3 aromatic rings. The van der Waals surface area contributed by atoms with Gasteiger partial charge in [0, 0.05) is 4.47 Å². The number of hydrogen-bond donors (Lipinski definition) is 0. The lowest BCUT2D eigenvalue weighted by atomic mass is 10.0. The minimum absolute atomic E-state index is 0.442. The Bertz CT molecular complexity index is 1040. The van der Waals surface area contributed by atoms with Crippen molar-refractivity contribution < 1.29 is 9.47 Å². The zero-order valence-electron chi connectivity index (χ0n) is 15.9. The highest BCUT2D eigenvalue weighted by atomic mass is 79.9. The van der Waals surface area contributed by atoms with Crippen molar-refractivity contribution in [3.05, 3.63) is 92.4 Å². The number of nitriles is 1. The number of nitrogens with zero attached hydrogens (tertiary/aromatic N) is 1. The van der Waals surface area contributed by atoms with E-state index < -0.39 is 0 Å². The Hall–Kier alpha value is -2.55. The summed E-state index contributed by atoms with van der Waals surface area (Å²) in [6, 6.07) is 23.7. The highest BCUT2D eigenvalue weighted by Gasteiger charge is 2.13. The lowest BCUT2D eigenvalue weighted by Gasteiger charge is -2.15. The zero-order valence-corrected chi connectivity index (χ0v) is 19.0. The molecule has 0 aliphatic rings. The maximum Gasteiger partial charge on any atom is 0.175 e. The summed E-state index contributed by atoms with van der Waals surface area (Å²) < 4.78 is 13.6. The molecule has 5 heteroatoms. The molecule has 0 saturated carbocycles. The topological polar surface area (TPSA) is 42.2 Å². The summed E-state index contributed by atoms with van der Waals surface area (Å²) >= 11 is 7.02. The van der Waals surface area contributed by atoms with Crippen LogP contribution in [0.3, 0.4) is 0 Å². The Morgan fingerprint density at radius 3 is 2.38 bits per heavy atom. The molecule has 29 heavy (non-hydrogen) atoms. The number of allylic oxidation sites excluding steroid dienone is 1. The maximum absolute atomic E-state index is 9.62.